The van der Waals surface area contributed by atoms with E-state index in [0.717, 1.165) is 40.3 Å². The van der Waals surface area contributed by atoms with E-state index in [1.165, 1.54) is 17.6 Å². The maximum atomic E-state index is 11.9. The number of halogens is 1. The molecule has 0 saturated carbocycles. The number of anilines is 1. The van der Waals surface area contributed by atoms with Gasteiger partial charge in [-0.25, -0.2) is 13.4 Å². The van der Waals surface area contributed by atoms with Gasteiger partial charge in [-0.3, -0.25) is 0 Å². The Morgan fingerprint density at radius 3 is 2.73 bits per heavy atom. The zero-order chi connectivity index (χ0) is 18.3. The highest BCUT2D eigenvalue weighted by atomic mass is 35.5. The lowest BCUT2D eigenvalue weighted by Crippen LogP contribution is -2.36. The van der Waals surface area contributed by atoms with E-state index in [4.69, 9.17) is 16.3 Å². The van der Waals surface area contributed by atoms with E-state index >= 15 is 0 Å². The van der Waals surface area contributed by atoms with Crippen molar-refractivity contribution in [3.8, 4) is 11.1 Å². The number of aromatic nitrogens is 2. The molecule has 0 amide bonds. The second-order valence-corrected chi connectivity index (χ2v) is 9.28. The first-order valence-electron chi connectivity index (χ1n) is 8.01. The summed E-state index contributed by atoms with van der Waals surface area (Å²) < 4.78 is 30.1. The van der Waals surface area contributed by atoms with Crippen molar-refractivity contribution < 1.29 is 13.2 Å². The van der Waals surface area contributed by atoms with Gasteiger partial charge in [-0.1, -0.05) is 12.1 Å². The summed E-state index contributed by atoms with van der Waals surface area (Å²) in [4.78, 5) is 11.3. The number of hydrogen-bond donors (Lipinski definition) is 0. The molecule has 0 aliphatic carbocycles. The number of benzene rings is 1. The zero-order valence-electron chi connectivity index (χ0n) is 14.0. The van der Waals surface area contributed by atoms with E-state index in [1.807, 2.05) is 11.4 Å². The van der Waals surface area contributed by atoms with Crippen molar-refractivity contribution in [2.45, 2.75) is 4.90 Å². The van der Waals surface area contributed by atoms with Crippen molar-refractivity contribution in [3.05, 3.63) is 34.9 Å². The molecule has 1 aliphatic rings. The van der Waals surface area contributed by atoms with Crippen LogP contribution in [0.5, 0.6) is 0 Å². The molecule has 0 radical (unpaired) electrons. The van der Waals surface area contributed by atoms with Gasteiger partial charge in [0.2, 0.25) is 5.28 Å². The number of nitrogens with zero attached hydrogens (tertiary/aromatic N) is 3. The molecule has 0 N–H and O–H groups in total. The molecule has 9 heteroatoms. The molecule has 1 aliphatic heterocycles. The Morgan fingerprint density at radius 1 is 1.23 bits per heavy atom. The predicted molar refractivity (Wildman–Crippen MR) is 104 cm³/mol. The monoisotopic (exact) mass is 409 g/mol. The van der Waals surface area contributed by atoms with Crippen LogP contribution in [-0.2, 0) is 14.6 Å². The topological polar surface area (TPSA) is 72.4 Å². The van der Waals surface area contributed by atoms with E-state index in [9.17, 15) is 8.42 Å². The number of ether oxygens (including phenoxy) is 1. The Morgan fingerprint density at radius 2 is 2.00 bits per heavy atom. The molecule has 26 heavy (non-hydrogen) atoms. The first-order chi connectivity index (χ1) is 12.4. The molecule has 0 atom stereocenters. The average molecular weight is 410 g/mol. The van der Waals surface area contributed by atoms with Crippen molar-refractivity contribution in [2.24, 2.45) is 0 Å². The fourth-order valence-electron chi connectivity index (χ4n) is 2.97. The summed E-state index contributed by atoms with van der Waals surface area (Å²) in [6, 6.07) is 6.87. The smallest absolute Gasteiger partial charge is 0.224 e. The third-order valence-electron chi connectivity index (χ3n) is 4.25. The van der Waals surface area contributed by atoms with Gasteiger partial charge in [0.15, 0.2) is 15.7 Å². The highest BCUT2D eigenvalue weighted by Gasteiger charge is 2.21. The number of rotatable bonds is 3. The van der Waals surface area contributed by atoms with Gasteiger partial charge in [0.25, 0.3) is 0 Å². The van der Waals surface area contributed by atoms with Gasteiger partial charge in [0.1, 0.15) is 0 Å². The molecule has 3 aromatic rings. The summed E-state index contributed by atoms with van der Waals surface area (Å²) in [5.74, 6) is 0.804. The van der Waals surface area contributed by atoms with Crippen molar-refractivity contribution in [1.29, 1.82) is 0 Å². The maximum absolute atomic E-state index is 11.9. The van der Waals surface area contributed by atoms with Crippen LogP contribution in [0.3, 0.4) is 0 Å². The van der Waals surface area contributed by atoms with Crippen LogP contribution in [0.2, 0.25) is 5.28 Å². The van der Waals surface area contributed by atoms with E-state index in [-0.39, 0.29) is 10.2 Å². The predicted octanol–water partition coefficient (Wildman–Crippen LogP) is 3.25. The quantitative estimate of drug-likeness (QED) is 0.618. The first-order valence-corrected chi connectivity index (χ1v) is 11.2. The van der Waals surface area contributed by atoms with Gasteiger partial charge < -0.3 is 9.64 Å². The summed E-state index contributed by atoms with van der Waals surface area (Å²) in [6.45, 7) is 2.80. The molecular formula is C17H16ClN3O3S2. The van der Waals surface area contributed by atoms with Crippen LogP contribution in [0, 0.1) is 0 Å². The highest BCUT2D eigenvalue weighted by Crippen LogP contribution is 2.38. The highest BCUT2D eigenvalue weighted by molar-refractivity contribution is 7.90. The molecule has 0 bridgehead atoms. The minimum Gasteiger partial charge on any atom is -0.378 e. The summed E-state index contributed by atoms with van der Waals surface area (Å²) in [5, 5.41) is 2.15. The largest absolute Gasteiger partial charge is 0.378 e. The van der Waals surface area contributed by atoms with Crippen LogP contribution >= 0.6 is 22.9 Å². The van der Waals surface area contributed by atoms with Crippen LogP contribution in [0.1, 0.15) is 0 Å². The van der Waals surface area contributed by atoms with Crippen molar-refractivity contribution >= 4 is 48.8 Å². The number of sulfone groups is 1. The third-order valence-corrected chi connectivity index (χ3v) is 6.50. The van der Waals surface area contributed by atoms with Crippen molar-refractivity contribution in [1.82, 2.24) is 9.97 Å². The summed E-state index contributed by atoms with van der Waals surface area (Å²) in [6.07, 6.45) is 1.20. The van der Waals surface area contributed by atoms with Crippen LogP contribution in [-0.4, -0.2) is 50.9 Å². The molecule has 1 fully saturated rings. The Bertz CT molecular complexity index is 1080. The van der Waals surface area contributed by atoms with Crippen LogP contribution < -0.4 is 4.90 Å². The normalized spacial score (nSPS) is 15.5. The van der Waals surface area contributed by atoms with Gasteiger partial charge in [-0.05, 0) is 29.3 Å². The first kappa shape index (κ1) is 17.7. The number of hydrogen-bond acceptors (Lipinski definition) is 7. The van der Waals surface area contributed by atoms with Gasteiger partial charge in [-0.15, -0.1) is 11.3 Å². The van der Waals surface area contributed by atoms with Crippen molar-refractivity contribution in [3.63, 3.8) is 0 Å². The van der Waals surface area contributed by atoms with Crippen molar-refractivity contribution in [2.75, 3.05) is 37.5 Å². The number of fused-ring (bicyclic) bond motifs is 1. The molecule has 6 nitrogen and oxygen atoms in total. The fourth-order valence-corrected chi connectivity index (χ4v) is 4.83. The maximum Gasteiger partial charge on any atom is 0.224 e. The van der Waals surface area contributed by atoms with Gasteiger partial charge >= 0.3 is 0 Å². The molecule has 1 aromatic carbocycles. The van der Waals surface area contributed by atoms with Gasteiger partial charge in [-0.2, -0.15) is 4.98 Å². The van der Waals surface area contributed by atoms with E-state index < -0.39 is 9.84 Å². The summed E-state index contributed by atoms with van der Waals surface area (Å²) >= 11 is 7.73. The molecular weight excluding hydrogens is 394 g/mol. The molecule has 1 saturated heterocycles. The third kappa shape index (κ3) is 3.29. The van der Waals surface area contributed by atoms with E-state index in [2.05, 4.69) is 14.9 Å². The Hall–Kier alpha value is -1.74. The zero-order valence-corrected chi connectivity index (χ0v) is 16.4. The van der Waals surface area contributed by atoms with E-state index in [0.29, 0.717) is 13.2 Å². The summed E-state index contributed by atoms with van der Waals surface area (Å²) in [5.41, 5.74) is 2.39. The molecule has 4 rings (SSSR count). The minimum absolute atomic E-state index is 0.179. The van der Waals surface area contributed by atoms with Crippen LogP contribution in [0.4, 0.5) is 5.82 Å². The number of thiophene rings is 1. The minimum atomic E-state index is -3.28. The Labute approximate surface area is 160 Å². The second kappa shape index (κ2) is 6.77. The standard InChI is InChI=1S/C17H16ClN3O3S2/c1-26(22,23)12-4-2-3-11(9-12)13-10-25-15-14(13)19-17(18)20-16(15)21-5-7-24-8-6-21/h2-4,9-10H,5-8H2,1H3. The molecule has 3 heterocycles. The van der Waals surface area contributed by atoms with Crippen LogP contribution in [0.25, 0.3) is 21.3 Å². The average Bonchev–Trinajstić information content (AvgIpc) is 3.05. The Kier molecular flexibility index (Phi) is 4.60. The molecule has 0 spiro atoms. The summed E-state index contributed by atoms with van der Waals surface area (Å²) in [7, 11) is -3.28. The number of morpholine rings is 1. The molecule has 136 valence electrons. The lowest BCUT2D eigenvalue weighted by Gasteiger charge is -2.28. The molecule has 0 unspecified atom stereocenters. The second-order valence-electron chi connectivity index (χ2n) is 6.04. The van der Waals surface area contributed by atoms with E-state index in [1.54, 1.807) is 18.2 Å². The molecule has 2 aromatic heterocycles. The lowest BCUT2D eigenvalue weighted by molar-refractivity contribution is 0.122. The van der Waals surface area contributed by atoms with Gasteiger partial charge in [0, 0.05) is 30.3 Å². The van der Waals surface area contributed by atoms with Gasteiger partial charge in [0.05, 0.1) is 28.3 Å². The Balaban J connectivity index is 1.87. The lowest BCUT2D eigenvalue weighted by atomic mass is 10.1. The SMILES string of the molecule is CS(=O)(=O)c1cccc(-c2csc3c(N4CCOCC4)nc(Cl)nc23)c1. The van der Waals surface area contributed by atoms with Crippen LogP contribution in [0.15, 0.2) is 34.5 Å². The fraction of sp³-hybridized carbons (Fsp3) is 0.294.